The molecule has 19 heavy (non-hydrogen) atoms. The van der Waals surface area contributed by atoms with E-state index in [9.17, 15) is 0 Å². The Morgan fingerprint density at radius 2 is 2.21 bits per heavy atom. The van der Waals surface area contributed by atoms with Crippen molar-refractivity contribution in [3.8, 4) is 0 Å². The molecule has 0 aliphatic carbocycles. The first-order chi connectivity index (χ1) is 9.11. The zero-order valence-electron chi connectivity index (χ0n) is 10.9. The van der Waals surface area contributed by atoms with Crippen LogP contribution in [0.3, 0.4) is 0 Å². The van der Waals surface area contributed by atoms with Gasteiger partial charge in [0, 0.05) is 24.2 Å². The molecular weight excluding hydrogens is 280 g/mol. The minimum absolute atomic E-state index is 0.507. The van der Waals surface area contributed by atoms with Gasteiger partial charge in [-0.25, -0.2) is 9.97 Å². The van der Waals surface area contributed by atoms with Crippen LogP contribution in [0.2, 0.25) is 0 Å². The molecule has 100 valence electrons. The third kappa shape index (κ3) is 1.97. The van der Waals surface area contributed by atoms with Gasteiger partial charge in [0.2, 0.25) is 0 Å². The molecule has 2 N–H and O–H groups in total. The van der Waals surface area contributed by atoms with E-state index in [0.29, 0.717) is 11.7 Å². The highest BCUT2D eigenvalue weighted by atomic mass is 35.5. The maximum Gasteiger partial charge on any atom is 0.152 e. The summed E-state index contributed by atoms with van der Waals surface area (Å²) < 4.78 is 3.28. The number of nitrogens with two attached hydrogens (primary N) is 1. The molecule has 0 aliphatic rings. The van der Waals surface area contributed by atoms with E-state index >= 15 is 0 Å². The molecule has 0 unspecified atom stereocenters. The number of imidazole rings is 1. The Labute approximate surface area is 120 Å². The maximum atomic E-state index is 6.03. The van der Waals surface area contributed by atoms with Crippen molar-refractivity contribution in [3.63, 3.8) is 0 Å². The van der Waals surface area contributed by atoms with Crippen LogP contribution in [-0.4, -0.2) is 20.4 Å². The van der Waals surface area contributed by atoms with Gasteiger partial charge < -0.3 is 10.3 Å². The number of fused-ring (bicyclic) bond motifs is 3. The maximum absolute atomic E-state index is 6.03. The number of thiophene rings is 1. The van der Waals surface area contributed by atoms with E-state index in [-0.39, 0.29) is 0 Å². The molecule has 0 radical (unpaired) electrons. The smallest absolute Gasteiger partial charge is 0.152 e. The van der Waals surface area contributed by atoms with Gasteiger partial charge in [-0.2, -0.15) is 0 Å². The minimum atomic E-state index is 0.507. The summed E-state index contributed by atoms with van der Waals surface area (Å²) in [6.07, 6.45) is 1.78. The van der Waals surface area contributed by atoms with Crippen molar-refractivity contribution in [2.75, 3.05) is 11.6 Å². The second kappa shape index (κ2) is 4.65. The number of aromatic nitrogens is 3. The van der Waals surface area contributed by atoms with Gasteiger partial charge in [-0.3, -0.25) is 0 Å². The first-order valence-corrected chi connectivity index (χ1v) is 7.53. The minimum Gasteiger partial charge on any atom is -0.382 e. The van der Waals surface area contributed by atoms with E-state index in [0.717, 1.165) is 39.9 Å². The average molecular weight is 295 g/mol. The Balaban J connectivity index is 2.32. The lowest BCUT2D eigenvalue weighted by atomic mass is 10.3. The number of hydrogen-bond acceptors (Lipinski definition) is 4. The quantitative estimate of drug-likeness (QED) is 0.755. The molecule has 3 heterocycles. The molecule has 0 aliphatic heterocycles. The summed E-state index contributed by atoms with van der Waals surface area (Å²) in [6, 6.07) is 2.07. The van der Waals surface area contributed by atoms with Gasteiger partial charge in [-0.05, 0) is 19.4 Å². The van der Waals surface area contributed by atoms with Crippen LogP contribution < -0.4 is 5.73 Å². The number of pyridine rings is 1. The van der Waals surface area contributed by atoms with Crippen LogP contribution in [-0.2, 0) is 13.5 Å². The molecular formula is C13H15ClN4S. The third-order valence-corrected chi connectivity index (χ3v) is 4.57. The summed E-state index contributed by atoms with van der Waals surface area (Å²) >= 11 is 7.50. The lowest BCUT2D eigenvalue weighted by Gasteiger charge is -2.01. The van der Waals surface area contributed by atoms with Crippen molar-refractivity contribution in [1.29, 1.82) is 0 Å². The summed E-state index contributed by atoms with van der Waals surface area (Å²) in [7, 11) is 2.03. The highest BCUT2D eigenvalue weighted by Gasteiger charge is 2.16. The summed E-state index contributed by atoms with van der Waals surface area (Å²) in [5.74, 6) is 2.17. The summed E-state index contributed by atoms with van der Waals surface area (Å²) in [6.45, 7) is 2.08. The first kappa shape index (κ1) is 12.7. The van der Waals surface area contributed by atoms with E-state index < -0.39 is 0 Å². The van der Waals surface area contributed by atoms with E-state index in [1.54, 1.807) is 11.3 Å². The number of nitrogens with zero attached hydrogens (tertiary/aromatic N) is 3. The summed E-state index contributed by atoms with van der Waals surface area (Å²) in [4.78, 5) is 10.3. The number of hydrogen-bond donors (Lipinski definition) is 1. The Hall–Kier alpha value is -1.33. The molecule has 0 saturated heterocycles. The number of rotatable bonds is 3. The molecule has 0 amide bonds. The van der Waals surface area contributed by atoms with Crippen LogP contribution in [0.25, 0.3) is 21.3 Å². The van der Waals surface area contributed by atoms with Crippen molar-refractivity contribution in [2.45, 2.75) is 19.8 Å². The summed E-state index contributed by atoms with van der Waals surface area (Å²) in [5, 5.41) is 0. The number of halogens is 1. The number of nitrogen functional groups attached to an aromatic ring is 1. The molecule has 0 aromatic carbocycles. The van der Waals surface area contributed by atoms with Crippen LogP contribution in [0.15, 0.2) is 6.07 Å². The Kier molecular flexibility index (Phi) is 3.11. The monoisotopic (exact) mass is 294 g/mol. The van der Waals surface area contributed by atoms with Gasteiger partial charge in [0.1, 0.15) is 11.3 Å². The highest BCUT2D eigenvalue weighted by molar-refractivity contribution is 7.19. The van der Waals surface area contributed by atoms with Crippen molar-refractivity contribution in [1.82, 2.24) is 14.5 Å². The van der Waals surface area contributed by atoms with Crippen LogP contribution in [0.1, 0.15) is 17.1 Å². The van der Waals surface area contributed by atoms with Gasteiger partial charge in [0.15, 0.2) is 5.82 Å². The molecule has 0 atom stereocenters. The second-order valence-electron chi connectivity index (χ2n) is 4.65. The molecule has 3 aromatic heterocycles. The highest BCUT2D eigenvalue weighted by Crippen LogP contribution is 2.33. The fraction of sp³-hybridized carbons (Fsp3) is 0.385. The van der Waals surface area contributed by atoms with Gasteiger partial charge >= 0.3 is 0 Å². The molecule has 0 saturated carbocycles. The third-order valence-electron chi connectivity index (χ3n) is 3.26. The molecule has 0 bridgehead atoms. The lowest BCUT2D eigenvalue weighted by molar-refractivity contribution is 0.777. The molecule has 0 spiro atoms. The zero-order valence-corrected chi connectivity index (χ0v) is 12.5. The van der Waals surface area contributed by atoms with Gasteiger partial charge in [0.25, 0.3) is 0 Å². The predicted molar refractivity (Wildman–Crippen MR) is 82.1 cm³/mol. The van der Waals surface area contributed by atoms with Gasteiger partial charge in [-0.1, -0.05) is 0 Å². The van der Waals surface area contributed by atoms with E-state index in [1.807, 2.05) is 7.05 Å². The number of anilines is 1. The van der Waals surface area contributed by atoms with Crippen LogP contribution >= 0.6 is 22.9 Å². The van der Waals surface area contributed by atoms with Crippen molar-refractivity contribution < 1.29 is 0 Å². The molecule has 3 aromatic rings. The van der Waals surface area contributed by atoms with Gasteiger partial charge in [0.05, 0.1) is 15.7 Å². The Morgan fingerprint density at radius 3 is 2.95 bits per heavy atom. The standard InChI is InChI=1S/C13H15ClN4S/c1-7-6-8-12(19-7)11-10(13(15)16-8)17-9(18(11)2)4-3-5-14/h6H,3-5H2,1-2H3,(H2,15,16). The Bertz CT molecular complexity index is 759. The van der Waals surface area contributed by atoms with Crippen molar-refractivity contribution >= 4 is 50.0 Å². The van der Waals surface area contributed by atoms with Crippen LogP contribution in [0, 0.1) is 6.92 Å². The fourth-order valence-electron chi connectivity index (χ4n) is 2.37. The van der Waals surface area contributed by atoms with E-state index in [2.05, 4.69) is 27.5 Å². The van der Waals surface area contributed by atoms with Crippen LogP contribution in [0.5, 0.6) is 0 Å². The lowest BCUT2D eigenvalue weighted by Crippen LogP contribution is -1.98. The summed E-state index contributed by atoms with van der Waals surface area (Å²) in [5.41, 5.74) is 8.89. The number of alkyl halides is 1. The molecule has 6 heteroatoms. The van der Waals surface area contributed by atoms with Gasteiger partial charge in [-0.15, -0.1) is 22.9 Å². The first-order valence-electron chi connectivity index (χ1n) is 6.18. The fourth-order valence-corrected chi connectivity index (χ4v) is 3.53. The normalized spacial score (nSPS) is 11.7. The van der Waals surface area contributed by atoms with E-state index in [1.165, 1.54) is 4.88 Å². The number of aryl methyl sites for hydroxylation is 3. The second-order valence-corrected chi connectivity index (χ2v) is 6.28. The average Bonchev–Trinajstić information content (AvgIpc) is 2.88. The van der Waals surface area contributed by atoms with E-state index in [4.69, 9.17) is 17.3 Å². The molecule has 3 rings (SSSR count). The SMILES string of the molecule is Cc1cc2nc(N)c3nc(CCCCl)n(C)c3c2s1. The molecule has 4 nitrogen and oxygen atoms in total. The van der Waals surface area contributed by atoms with Crippen LogP contribution in [0.4, 0.5) is 5.82 Å². The molecule has 0 fully saturated rings. The topological polar surface area (TPSA) is 56.7 Å². The zero-order chi connectivity index (χ0) is 13.6. The van der Waals surface area contributed by atoms with Crippen molar-refractivity contribution in [2.24, 2.45) is 7.05 Å². The predicted octanol–water partition coefficient (Wildman–Crippen LogP) is 3.25. The Morgan fingerprint density at radius 1 is 1.42 bits per heavy atom. The van der Waals surface area contributed by atoms with Crippen molar-refractivity contribution in [3.05, 3.63) is 16.8 Å². The largest absolute Gasteiger partial charge is 0.382 e.